The van der Waals surface area contributed by atoms with Crippen molar-refractivity contribution in [2.75, 3.05) is 0 Å². The lowest BCUT2D eigenvalue weighted by Crippen LogP contribution is -2.26. The fraction of sp³-hybridized carbons (Fsp3) is 0.312. The third kappa shape index (κ3) is 3.10. The molecule has 0 spiro atoms. The van der Waals surface area contributed by atoms with Gasteiger partial charge >= 0.3 is 5.97 Å². The van der Waals surface area contributed by atoms with Crippen molar-refractivity contribution in [2.45, 2.75) is 36.9 Å². The average Bonchev–Trinajstić information content (AvgIpc) is 2.98. The van der Waals surface area contributed by atoms with E-state index in [-0.39, 0.29) is 23.3 Å². The number of carbonyl (C=O) groups is 1. The van der Waals surface area contributed by atoms with Crippen LogP contribution in [0.25, 0.3) is 0 Å². The summed E-state index contributed by atoms with van der Waals surface area (Å²) >= 11 is 1.44. The van der Waals surface area contributed by atoms with Gasteiger partial charge in [-0.2, -0.15) is 0 Å². The summed E-state index contributed by atoms with van der Waals surface area (Å²) in [5.74, 6) is -1.45. The van der Waals surface area contributed by atoms with E-state index in [0.29, 0.717) is 11.7 Å². The number of aromatic carboxylic acids is 1. The van der Waals surface area contributed by atoms with E-state index >= 15 is 0 Å². The molecule has 0 fully saturated rings. The molecule has 1 unspecified atom stereocenters. The zero-order valence-corrected chi connectivity index (χ0v) is 13.4. The number of rotatable bonds is 5. The van der Waals surface area contributed by atoms with Crippen molar-refractivity contribution in [2.24, 2.45) is 0 Å². The fourth-order valence-corrected chi connectivity index (χ4v) is 3.49. The standard InChI is InChI=1S/C16H16N2O4S/c1-2-11-8-18-14(19)13(12(15(20)21)17-16(18)23-11)22-9-10-6-4-3-5-7-10/h3-7,11H,2,8-9H2,1H3,(H,20,21). The minimum absolute atomic E-state index is 0.127. The Labute approximate surface area is 137 Å². The molecule has 1 aliphatic heterocycles. The summed E-state index contributed by atoms with van der Waals surface area (Å²) in [4.78, 5) is 28.2. The number of hydrogen-bond donors (Lipinski definition) is 1. The van der Waals surface area contributed by atoms with Crippen molar-refractivity contribution in [1.82, 2.24) is 9.55 Å². The molecule has 0 radical (unpaired) electrons. The quantitative estimate of drug-likeness (QED) is 0.847. The molecule has 3 rings (SSSR count). The van der Waals surface area contributed by atoms with Crippen LogP contribution in [0, 0.1) is 0 Å². The van der Waals surface area contributed by atoms with Crippen molar-refractivity contribution in [1.29, 1.82) is 0 Å². The molecule has 0 saturated heterocycles. The predicted octanol–water partition coefficient (Wildman–Crippen LogP) is 2.40. The molecule has 7 heteroatoms. The second kappa shape index (κ2) is 6.45. The Hall–Kier alpha value is -2.28. The van der Waals surface area contributed by atoms with Gasteiger partial charge in [-0.05, 0) is 12.0 Å². The molecule has 1 aromatic heterocycles. The van der Waals surface area contributed by atoms with Gasteiger partial charge in [-0.3, -0.25) is 9.36 Å². The second-order valence-electron chi connectivity index (χ2n) is 5.22. The first-order chi connectivity index (χ1) is 11.1. The predicted molar refractivity (Wildman–Crippen MR) is 86.2 cm³/mol. The Morgan fingerprint density at radius 2 is 2.17 bits per heavy atom. The molecule has 120 valence electrons. The number of aromatic nitrogens is 2. The van der Waals surface area contributed by atoms with E-state index in [2.05, 4.69) is 4.98 Å². The third-order valence-electron chi connectivity index (χ3n) is 3.64. The first-order valence-electron chi connectivity index (χ1n) is 7.31. The molecule has 1 atom stereocenters. The molecule has 6 nitrogen and oxygen atoms in total. The van der Waals surface area contributed by atoms with Gasteiger partial charge in [0.1, 0.15) is 6.61 Å². The van der Waals surface area contributed by atoms with Crippen molar-refractivity contribution in [3.8, 4) is 5.75 Å². The maximum absolute atomic E-state index is 12.6. The van der Waals surface area contributed by atoms with Crippen LogP contribution in [0.15, 0.2) is 40.3 Å². The zero-order valence-electron chi connectivity index (χ0n) is 12.6. The number of fused-ring (bicyclic) bond motifs is 1. The summed E-state index contributed by atoms with van der Waals surface area (Å²) in [6, 6.07) is 9.28. The number of carboxylic acid groups (broad SMARTS) is 1. The number of thioether (sulfide) groups is 1. The Kier molecular flexibility index (Phi) is 4.38. The van der Waals surface area contributed by atoms with Gasteiger partial charge in [0.2, 0.25) is 5.75 Å². The van der Waals surface area contributed by atoms with Crippen molar-refractivity contribution < 1.29 is 14.6 Å². The summed E-state index contributed by atoms with van der Waals surface area (Å²) in [6.07, 6.45) is 0.885. The van der Waals surface area contributed by atoms with Crippen LogP contribution in [0.2, 0.25) is 0 Å². The molecule has 2 aromatic rings. The number of benzene rings is 1. The van der Waals surface area contributed by atoms with Crippen molar-refractivity contribution in [3.05, 3.63) is 51.9 Å². The van der Waals surface area contributed by atoms with Gasteiger partial charge in [-0.1, -0.05) is 49.0 Å². The largest absolute Gasteiger partial charge is 0.481 e. The lowest BCUT2D eigenvalue weighted by atomic mass is 10.2. The van der Waals surface area contributed by atoms with Crippen LogP contribution in [0.1, 0.15) is 29.4 Å². The van der Waals surface area contributed by atoms with E-state index < -0.39 is 11.5 Å². The second-order valence-corrected chi connectivity index (χ2v) is 6.48. The van der Waals surface area contributed by atoms with E-state index in [1.807, 2.05) is 37.3 Å². The van der Waals surface area contributed by atoms with E-state index in [4.69, 9.17) is 4.74 Å². The topological polar surface area (TPSA) is 81.4 Å². The molecule has 0 bridgehead atoms. The lowest BCUT2D eigenvalue weighted by molar-refractivity contribution is 0.0682. The Balaban J connectivity index is 1.96. The Morgan fingerprint density at radius 1 is 1.43 bits per heavy atom. The summed E-state index contributed by atoms with van der Waals surface area (Å²) in [6.45, 7) is 2.69. The maximum Gasteiger partial charge on any atom is 0.358 e. The van der Waals surface area contributed by atoms with Gasteiger partial charge in [0.15, 0.2) is 10.9 Å². The maximum atomic E-state index is 12.6. The fourth-order valence-electron chi connectivity index (χ4n) is 2.38. The van der Waals surface area contributed by atoms with E-state index in [9.17, 15) is 14.7 Å². The van der Waals surface area contributed by atoms with Gasteiger partial charge in [0.05, 0.1) is 0 Å². The molecule has 0 saturated carbocycles. The van der Waals surface area contributed by atoms with Gasteiger partial charge in [-0.15, -0.1) is 0 Å². The Bertz CT molecular complexity index is 789. The highest BCUT2D eigenvalue weighted by molar-refractivity contribution is 8.00. The number of ether oxygens (including phenoxy) is 1. The smallest absolute Gasteiger partial charge is 0.358 e. The van der Waals surface area contributed by atoms with E-state index in [0.717, 1.165) is 12.0 Å². The monoisotopic (exact) mass is 332 g/mol. The van der Waals surface area contributed by atoms with E-state index in [1.165, 1.54) is 16.3 Å². The van der Waals surface area contributed by atoms with E-state index in [1.54, 1.807) is 0 Å². The molecule has 23 heavy (non-hydrogen) atoms. The average molecular weight is 332 g/mol. The number of carboxylic acids is 1. The van der Waals surface area contributed by atoms with Gasteiger partial charge in [0, 0.05) is 11.8 Å². The molecular formula is C16H16N2O4S. The van der Waals surface area contributed by atoms with Crippen LogP contribution >= 0.6 is 11.8 Å². The first-order valence-corrected chi connectivity index (χ1v) is 8.19. The van der Waals surface area contributed by atoms with Crippen LogP contribution < -0.4 is 10.3 Å². The molecule has 2 heterocycles. The highest BCUT2D eigenvalue weighted by Crippen LogP contribution is 2.32. The van der Waals surface area contributed by atoms with Gasteiger partial charge < -0.3 is 9.84 Å². The van der Waals surface area contributed by atoms with Gasteiger partial charge in [-0.25, -0.2) is 9.78 Å². The van der Waals surface area contributed by atoms with Crippen LogP contribution in [0.4, 0.5) is 0 Å². The molecular weight excluding hydrogens is 316 g/mol. The molecule has 1 aliphatic rings. The Morgan fingerprint density at radius 3 is 2.83 bits per heavy atom. The summed E-state index contributed by atoms with van der Waals surface area (Å²) in [5, 5.41) is 10.0. The number of nitrogens with zero attached hydrogens (tertiary/aromatic N) is 2. The summed E-state index contributed by atoms with van der Waals surface area (Å²) < 4.78 is 7.03. The lowest BCUT2D eigenvalue weighted by Gasteiger charge is -2.10. The summed E-state index contributed by atoms with van der Waals surface area (Å²) in [7, 11) is 0. The van der Waals surface area contributed by atoms with Crippen molar-refractivity contribution >= 4 is 17.7 Å². The van der Waals surface area contributed by atoms with Crippen LogP contribution in [0.3, 0.4) is 0 Å². The van der Waals surface area contributed by atoms with Crippen LogP contribution in [-0.4, -0.2) is 25.9 Å². The molecule has 0 amide bonds. The summed E-state index contributed by atoms with van der Waals surface area (Å²) in [5.41, 5.74) is 0.114. The SMILES string of the molecule is CCC1Cn2c(nc(C(=O)O)c(OCc3ccccc3)c2=O)S1. The molecule has 0 aliphatic carbocycles. The van der Waals surface area contributed by atoms with Gasteiger partial charge in [0.25, 0.3) is 5.56 Å². The van der Waals surface area contributed by atoms with Crippen LogP contribution in [-0.2, 0) is 13.2 Å². The van der Waals surface area contributed by atoms with Crippen LogP contribution in [0.5, 0.6) is 5.75 Å². The van der Waals surface area contributed by atoms with Crippen molar-refractivity contribution in [3.63, 3.8) is 0 Å². The normalized spacial score (nSPS) is 16.1. The molecule has 1 N–H and O–H groups in total. The highest BCUT2D eigenvalue weighted by Gasteiger charge is 2.29. The minimum Gasteiger partial charge on any atom is -0.481 e. The first kappa shape index (κ1) is 15.6. The highest BCUT2D eigenvalue weighted by atomic mass is 32.2. The third-order valence-corrected chi connectivity index (χ3v) is 4.97. The minimum atomic E-state index is -1.26. The molecule has 1 aromatic carbocycles. The zero-order chi connectivity index (χ0) is 16.4. The number of hydrogen-bond acceptors (Lipinski definition) is 5.